The lowest BCUT2D eigenvalue weighted by molar-refractivity contribution is 0.457. The standard InChI is InChI=1S/C28H23FN4O2S/c29-18-13-15-20(16-14-18)32-25(30-23-11-5-3-9-21(23)26(32)34)17-36-28-31-24-12-6-4-10-22(24)27(35)33(28)19-7-1-2-8-19/h3-6,9-16,19H,1-2,7-8,17H2. The molecule has 2 heterocycles. The Balaban J connectivity index is 1.48. The van der Waals surface area contributed by atoms with Gasteiger partial charge in [0.05, 0.1) is 33.2 Å². The maximum atomic E-state index is 13.6. The number of hydrogen-bond donors (Lipinski definition) is 0. The summed E-state index contributed by atoms with van der Waals surface area (Å²) < 4.78 is 17.0. The first-order valence-corrected chi connectivity index (χ1v) is 13.0. The second kappa shape index (κ2) is 9.35. The van der Waals surface area contributed by atoms with Crippen LogP contribution in [0.5, 0.6) is 0 Å². The molecule has 0 atom stereocenters. The molecule has 0 radical (unpaired) electrons. The topological polar surface area (TPSA) is 69.8 Å². The first-order chi connectivity index (χ1) is 17.6. The first-order valence-electron chi connectivity index (χ1n) is 12.0. The minimum atomic E-state index is -0.377. The summed E-state index contributed by atoms with van der Waals surface area (Å²) >= 11 is 1.40. The predicted octanol–water partition coefficient (Wildman–Crippen LogP) is 5.64. The van der Waals surface area contributed by atoms with Gasteiger partial charge in [0.25, 0.3) is 11.1 Å². The molecule has 0 spiro atoms. The summed E-state index contributed by atoms with van der Waals surface area (Å²) in [6.45, 7) is 0. The van der Waals surface area contributed by atoms with Gasteiger partial charge in [-0.3, -0.25) is 18.7 Å². The third kappa shape index (κ3) is 4.01. The highest BCUT2D eigenvalue weighted by Crippen LogP contribution is 2.33. The molecular formula is C28H23FN4O2S. The number of para-hydroxylation sites is 2. The van der Waals surface area contributed by atoms with E-state index in [1.54, 1.807) is 24.3 Å². The summed E-state index contributed by atoms with van der Waals surface area (Å²) in [6, 6.07) is 20.5. The SMILES string of the molecule is O=c1c2ccccc2nc(CSc2nc3ccccc3c(=O)n2C2CCCC2)n1-c1ccc(F)cc1. The highest BCUT2D eigenvalue weighted by atomic mass is 32.2. The van der Waals surface area contributed by atoms with Gasteiger partial charge < -0.3 is 0 Å². The Hall–Kier alpha value is -3.78. The molecule has 3 aromatic carbocycles. The van der Waals surface area contributed by atoms with Crippen molar-refractivity contribution in [1.82, 2.24) is 19.1 Å². The van der Waals surface area contributed by atoms with Gasteiger partial charge in [0.1, 0.15) is 11.6 Å². The average molecular weight is 499 g/mol. The summed E-state index contributed by atoms with van der Waals surface area (Å²) in [4.78, 5) is 36.7. The minimum absolute atomic E-state index is 0.0302. The lowest BCUT2D eigenvalue weighted by atomic mass is 10.2. The van der Waals surface area contributed by atoms with Crippen molar-refractivity contribution >= 4 is 33.6 Å². The third-order valence-electron chi connectivity index (χ3n) is 6.73. The minimum Gasteiger partial charge on any atom is -0.284 e. The molecule has 180 valence electrons. The number of nitrogens with zero attached hydrogens (tertiary/aromatic N) is 4. The van der Waals surface area contributed by atoms with Crippen LogP contribution >= 0.6 is 11.8 Å². The van der Waals surface area contributed by atoms with Crippen LogP contribution in [-0.2, 0) is 5.75 Å². The van der Waals surface area contributed by atoms with E-state index in [9.17, 15) is 14.0 Å². The maximum Gasteiger partial charge on any atom is 0.265 e. The van der Waals surface area contributed by atoms with Gasteiger partial charge in [-0.2, -0.15) is 0 Å². The van der Waals surface area contributed by atoms with Crippen molar-refractivity contribution in [2.45, 2.75) is 42.6 Å². The Morgan fingerprint density at radius 2 is 1.42 bits per heavy atom. The Labute approximate surface area is 210 Å². The molecule has 6 nitrogen and oxygen atoms in total. The molecule has 5 aromatic rings. The number of hydrogen-bond acceptors (Lipinski definition) is 5. The zero-order valence-electron chi connectivity index (χ0n) is 19.4. The monoisotopic (exact) mass is 498 g/mol. The molecule has 8 heteroatoms. The molecule has 1 aliphatic rings. The number of rotatable bonds is 5. The van der Waals surface area contributed by atoms with E-state index in [1.165, 1.54) is 28.5 Å². The summed E-state index contributed by atoms with van der Waals surface area (Å²) in [7, 11) is 0. The van der Waals surface area contributed by atoms with Crippen molar-refractivity contribution in [1.29, 1.82) is 0 Å². The van der Waals surface area contributed by atoms with E-state index in [2.05, 4.69) is 0 Å². The number of fused-ring (bicyclic) bond motifs is 2. The van der Waals surface area contributed by atoms with Crippen molar-refractivity contribution in [3.05, 3.63) is 105 Å². The van der Waals surface area contributed by atoms with E-state index in [-0.39, 0.29) is 23.0 Å². The van der Waals surface area contributed by atoms with Crippen LogP contribution in [0.4, 0.5) is 4.39 Å². The molecule has 2 aromatic heterocycles. The van der Waals surface area contributed by atoms with Gasteiger partial charge in [0, 0.05) is 6.04 Å². The van der Waals surface area contributed by atoms with Crippen LogP contribution < -0.4 is 11.1 Å². The van der Waals surface area contributed by atoms with E-state index >= 15 is 0 Å². The normalized spacial score (nSPS) is 14.1. The van der Waals surface area contributed by atoms with Crippen LogP contribution in [0.2, 0.25) is 0 Å². The second-order valence-electron chi connectivity index (χ2n) is 8.98. The van der Waals surface area contributed by atoms with Gasteiger partial charge in [0.15, 0.2) is 5.16 Å². The molecule has 1 saturated carbocycles. The largest absolute Gasteiger partial charge is 0.284 e. The Morgan fingerprint density at radius 3 is 2.11 bits per heavy atom. The molecule has 6 rings (SSSR count). The Bertz CT molecular complexity index is 1710. The smallest absolute Gasteiger partial charge is 0.265 e. The first kappa shape index (κ1) is 22.7. The highest BCUT2D eigenvalue weighted by molar-refractivity contribution is 7.98. The second-order valence-corrected chi connectivity index (χ2v) is 9.92. The number of halogens is 1. The van der Waals surface area contributed by atoms with Gasteiger partial charge in [-0.25, -0.2) is 14.4 Å². The van der Waals surface area contributed by atoms with Crippen molar-refractivity contribution in [3.63, 3.8) is 0 Å². The van der Waals surface area contributed by atoms with Gasteiger partial charge in [0.2, 0.25) is 0 Å². The molecule has 1 aliphatic carbocycles. The predicted molar refractivity (Wildman–Crippen MR) is 140 cm³/mol. The third-order valence-corrected chi connectivity index (χ3v) is 7.67. The van der Waals surface area contributed by atoms with E-state index in [1.807, 2.05) is 41.0 Å². The fourth-order valence-corrected chi connectivity index (χ4v) is 5.96. The number of thioether (sulfide) groups is 1. The van der Waals surface area contributed by atoms with Crippen molar-refractivity contribution in [2.75, 3.05) is 0 Å². The molecule has 0 aliphatic heterocycles. The zero-order chi connectivity index (χ0) is 24.6. The van der Waals surface area contributed by atoms with Gasteiger partial charge in [-0.05, 0) is 61.4 Å². The lowest BCUT2D eigenvalue weighted by Gasteiger charge is -2.19. The Morgan fingerprint density at radius 1 is 0.806 bits per heavy atom. The quantitative estimate of drug-likeness (QED) is 0.232. The highest BCUT2D eigenvalue weighted by Gasteiger charge is 2.24. The molecule has 0 saturated heterocycles. The summed E-state index contributed by atoms with van der Waals surface area (Å²) in [5.41, 5.74) is 1.53. The molecule has 0 unspecified atom stereocenters. The van der Waals surface area contributed by atoms with Crippen molar-refractivity contribution < 1.29 is 4.39 Å². The summed E-state index contributed by atoms with van der Waals surface area (Å²) in [5, 5.41) is 1.72. The maximum absolute atomic E-state index is 13.6. The van der Waals surface area contributed by atoms with E-state index < -0.39 is 0 Å². The summed E-state index contributed by atoms with van der Waals surface area (Å²) in [5.74, 6) is 0.447. The van der Waals surface area contributed by atoms with Gasteiger partial charge in [-0.15, -0.1) is 0 Å². The van der Waals surface area contributed by atoms with Crippen LogP contribution in [0.25, 0.3) is 27.5 Å². The van der Waals surface area contributed by atoms with Crippen LogP contribution in [0.15, 0.2) is 87.5 Å². The Kier molecular flexibility index (Phi) is 5.89. The van der Waals surface area contributed by atoms with Gasteiger partial charge >= 0.3 is 0 Å². The van der Waals surface area contributed by atoms with Crippen molar-refractivity contribution in [3.8, 4) is 5.69 Å². The molecule has 36 heavy (non-hydrogen) atoms. The van der Waals surface area contributed by atoms with Crippen LogP contribution in [0.1, 0.15) is 37.5 Å². The lowest BCUT2D eigenvalue weighted by Crippen LogP contribution is -2.27. The fourth-order valence-electron chi connectivity index (χ4n) is 4.97. The molecule has 0 amide bonds. The zero-order valence-corrected chi connectivity index (χ0v) is 20.2. The molecule has 0 bridgehead atoms. The number of aromatic nitrogens is 4. The van der Waals surface area contributed by atoms with Gasteiger partial charge in [-0.1, -0.05) is 48.9 Å². The van der Waals surface area contributed by atoms with Crippen molar-refractivity contribution in [2.24, 2.45) is 0 Å². The molecule has 0 N–H and O–H groups in total. The average Bonchev–Trinajstić information content (AvgIpc) is 3.43. The molecular weight excluding hydrogens is 475 g/mol. The van der Waals surface area contributed by atoms with E-state index in [4.69, 9.17) is 9.97 Å². The summed E-state index contributed by atoms with van der Waals surface area (Å²) in [6.07, 6.45) is 4.07. The van der Waals surface area contributed by atoms with E-state index in [0.717, 1.165) is 25.7 Å². The fraction of sp³-hybridized carbons (Fsp3) is 0.214. The van der Waals surface area contributed by atoms with Crippen LogP contribution in [0.3, 0.4) is 0 Å². The molecule has 1 fully saturated rings. The van der Waals surface area contributed by atoms with Crippen LogP contribution in [0, 0.1) is 5.82 Å². The number of benzene rings is 3. The van der Waals surface area contributed by atoms with Crippen LogP contribution in [-0.4, -0.2) is 19.1 Å². The van der Waals surface area contributed by atoms with E-state index in [0.29, 0.717) is 44.2 Å².